The van der Waals surface area contributed by atoms with Gasteiger partial charge < -0.3 is 67.9 Å². The largest absolute Gasteiger partial charge is 0.508 e. The van der Waals surface area contributed by atoms with Crippen LogP contribution in [-0.2, 0) is 72.0 Å². The number of aliphatic carboxylic acids is 3. The third kappa shape index (κ3) is 20.8. The van der Waals surface area contributed by atoms with Gasteiger partial charge in [0.15, 0.2) is 0 Å². The third-order valence-electron chi connectivity index (χ3n) is 11.7. The van der Waals surface area contributed by atoms with Gasteiger partial charge in [-0.1, -0.05) is 60.7 Å². The number of aromatic amines is 1. The predicted molar refractivity (Wildman–Crippen MR) is 284 cm³/mol. The van der Waals surface area contributed by atoms with E-state index in [9.17, 15) is 73.2 Å². The molecule has 0 spiro atoms. The van der Waals surface area contributed by atoms with E-state index in [1.54, 1.807) is 73.3 Å². The molecule has 0 radical (unpaired) electrons. The minimum absolute atomic E-state index is 0.0155. The number of phenolic OH excluding ortho intramolecular Hbond substituents is 1. The number of carboxylic acids is 3. The quantitative estimate of drug-likeness (QED) is 0.0305. The van der Waals surface area contributed by atoms with Crippen molar-refractivity contribution >= 4 is 99.6 Å². The van der Waals surface area contributed by atoms with Crippen molar-refractivity contribution < 1.29 is 73.2 Å². The number of hydrogen-bond donors (Lipinski definition) is 13. The molecule has 0 unspecified atom stereocenters. The Hall–Kier alpha value is -8.13. The number of aromatic hydroxyl groups is 1. The monoisotopic (exact) mass is 1110 g/mol. The van der Waals surface area contributed by atoms with Gasteiger partial charge in [0.2, 0.25) is 47.3 Å². The zero-order valence-corrected chi connectivity index (χ0v) is 43.9. The van der Waals surface area contributed by atoms with Gasteiger partial charge in [0.05, 0.1) is 19.4 Å². The van der Waals surface area contributed by atoms with Gasteiger partial charge in [-0.2, -0.15) is 23.5 Å². The summed E-state index contributed by atoms with van der Waals surface area (Å²) in [4.78, 5) is 147. The molecule has 0 aliphatic rings. The second kappa shape index (κ2) is 31.0. The predicted octanol–water partition coefficient (Wildman–Crippen LogP) is -0.0287. The number of nitrogens with one attached hydrogen (secondary N) is 9. The van der Waals surface area contributed by atoms with E-state index in [2.05, 4.69) is 47.5 Å². The summed E-state index contributed by atoms with van der Waals surface area (Å²) in [5.41, 5.74) is 2.27. The molecule has 8 amide bonds. The second-order valence-corrected chi connectivity index (χ2v) is 19.6. The van der Waals surface area contributed by atoms with E-state index >= 15 is 0 Å². The van der Waals surface area contributed by atoms with Gasteiger partial charge in [-0.25, -0.2) is 4.79 Å². The lowest BCUT2D eigenvalue weighted by Gasteiger charge is -2.26. The lowest BCUT2D eigenvalue weighted by Crippen LogP contribution is -2.59. The first kappa shape index (κ1) is 61.4. The number of rotatable bonds is 32. The highest BCUT2D eigenvalue weighted by Gasteiger charge is 2.34. The molecule has 0 saturated heterocycles. The van der Waals surface area contributed by atoms with E-state index in [-0.39, 0.29) is 43.6 Å². The number of carboxylic acid groups (broad SMARTS) is 3. The summed E-state index contributed by atoms with van der Waals surface area (Å²) in [6, 6.07) is 10.6. The molecule has 0 fully saturated rings. The Kier molecular flexibility index (Phi) is 24.8. The first-order valence-electron chi connectivity index (χ1n) is 24.0. The highest BCUT2D eigenvalue weighted by Crippen LogP contribution is 2.20. The van der Waals surface area contributed by atoms with E-state index in [0.717, 1.165) is 6.92 Å². The zero-order valence-electron chi connectivity index (χ0n) is 42.3. The van der Waals surface area contributed by atoms with Crippen LogP contribution in [0, 0.1) is 0 Å². The van der Waals surface area contributed by atoms with E-state index in [1.165, 1.54) is 47.8 Å². The van der Waals surface area contributed by atoms with Crippen molar-refractivity contribution in [3.8, 4) is 5.75 Å². The fourth-order valence-electron chi connectivity index (χ4n) is 7.78. The SMILES string of the molecule is CSCC[C@H](NC(=O)[C@H](Cc1ccc(O)cc1)NC(=O)[C@H](CC(=O)O)NC(C)=O)C(=O)NCC(=O)N[C@@H](Cc1c[nH]c2ccccc12)C(=O)N[C@@H](CCSC)C(=O)N[C@@H](CC(=O)O)C(=O)N[C@@H](Cc1ccccc1)C(=O)O. The smallest absolute Gasteiger partial charge is 0.326 e. The van der Waals surface area contributed by atoms with Crippen molar-refractivity contribution in [2.75, 3.05) is 30.6 Å². The highest BCUT2D eigenvalue weighted by atomic mass is 32.2. The molecule has 24 nitrogen and oxygen atoms in total. The van der Waals surface area contributed by atoms with Gasteiger partial charge in [-0.3, -0.25) is 47.9 Å². The molecule has 0 aliphatic heterocycles. The minimum Gasteiger partial charge on any atom is -0.508 e. The van der Waals surface area contributed by atoms with E-state index in [0.29, 0.717) is 33.3 Å². The number of H-pyrrole nitrogens is 1. The van der Waals surface area contributed by atoms with Crippen LogP contribution < -0.4 is 42.5 Å². The van der Waals surface area contributed by atoms with Crippen LogP contribution in [0.3, 0.4) is 0 Å². The summed E-state index contributed by atoms with van der Waals surface area (Å²) >= 11 is 2.63. The number of amides is 8. The van der Waals surface area contributed by atoms with Crippen molar-refractivity contribution in [3.05, 3.63) is 102 Å². The second-order valence-electron chi connectivity index (χ2n) is 17.6. The zero-order chi connectivity index (χ0) is 56.6. The Balaban J connectivity index is 1.54. The van der Waals surface area contributed by atoms with Gasteiger partial charge in [0.1, 0.15) is 48.0 Å². The molecule has 414 valence electrons. The van der Waals surface area contributed by atoms with Crippen molar-refractivity contribution in [1.29, 1.82) is 0 Å². The Morgan fingerprint density at radius 3 is 1.52 bits per heavy atom. The van der Waals surface area contributed by atoms with Crippen LogP contribution >= 0.6 is 23.5 Å². The Morgan fingerprint density at radius 2 is 0.961 bits per heavy atom. The third-order valence-corrected chi connectivity index (χ3v) is 12.9. The molecule has 13 N–H and O–H groups in total. The Bertz CT molecular complexity index is 2710. The minimum atomic E-state index is -1.78. The average Bonchev–Trinajstić information content (AvgIpc) is 3.80. The van der Waals surface area contributed by atoms with Crippen molar-refractivity contribution in [2.24, 2.45) is 0 Å². The lowest BCUT2D eigenvalue weighted by atomic mass is 10.0. The van der Waals surface area contributed by atoms with Crippen molar-refractivity contribution in [2.45, 2.75) is 94.2 Å². The molecule has 26 heteroatoms. The molecular formula is C51H63N9O15S2. The number of thioether (sulfide) groups is 2. The van der Waals surface area contributed by atoms with E-state index in [4.69, 9.17) is 0 Å². The summed E-state index contributed by atoms with van der Waals surface area (Å²) in [6.45, 7) is 0.332. The fraction of sp³-hybridized carbons (Fsp3) is 0.392. The first-order valence-corrected chi connectivity index (χ1v) is 26.8. The maximum atomic E-state index is 14.3. The van der Waals surface area contributed by atoms with Crippen LogP contribution in [-0.4, -0.2) is 163 Å². The molecule has 1 heterocycles. The van der Waals surface area contributed by atoms with Gasteiger partial charge in [0, 0.05) is 43.3 Å². The van der Waals surface area contributed by atoms with Crippen LogP contribution in [0.25, 0.3) is 10.9 Å². The van der Waals surface area contributed by atoms with Gasteiger partial charge in [-0.15, -0.1) is 0 Å². The maximum absolute atomic E-state index is 14.3. The van der Waals surface area contributed by atoms with Crippen LogP contribution in [0.1, 0.15) is 49.3 Å². The van der Waals surface area contributed by atoms with Gasteiger partial charge in [0.25, 0.3) is 0 Å². The lowest BCUT2D eigenvalue weighted by molar-refractivity contribution is -0.143. The molecule has 0 aliphatic carbocycles. The van der Waals surface area contributed by atoms with Crippen molar-refractivity contribution in [3.63, 3.8) is 0 Å². The fourth-order valence-corrected chi connectivity index (χ4v) is 8.72. The number of aromatic nitrogens is 1. The summed E-state index contributed by atoms with van der Waals surface area (Å²) in [6.07, 6.45) is 2.77. The topological polar surface area (TPSA) is 381 Å². The van der Waals surface area contributed by atoms with Crippen LogP contribution in [0.2, 0.25) is 0 Å². The van der Waals surface area contributed by atoms with Crippen LogP contribution in [0.5, 0.6) is 5.75 Å². The molecule has 3 aromatic carbocycles. The van der Waals surface area contributed by atoms with E-state index in [1.807, 2.05) is 0 Å². The van der Waals surface area contributed by atoms with Crippen LogP contribution in [0.4, 0.5) is 0 Å². The number of carbonyl (C=O) groups excluding carboxylic acids is 8. The number of hydrogen-bond acceptors (Lipinski definition) is 14. The van der Waals surface area contributed by atoms with E-state index < -0.39 is 127 Å². The first-order chi connectivity index (χ1) is 36.7. The molecule has 77 heavy (non-hydrogen) atoms. The molecule has 0 saturated carbocycles. The maximum Gasteiger partial charge on any atom is 0.326 e. The molecule has 7 atom stereocenters. The number of fused-ring (bicyclic) bond motifs is 1. The number of carbonyl (C=O) groups is 11. The summed E-state index contributed by atoms with van der Waals surface area (Å²) in [5, 5.41) is 59.1. The highest BCUT2D eigenvalue weighted by molar-refractivity contribution is 7.98. The summed E-state index contributed by atoms with van der Waals surface area (Å²) in [7, 11) is 0. The summed E-state index contributed by atoms with van der Waals surface area (Å²) < 4.78 is 0. The van der Waals surface area contributed by atoms with Gasteiger partial charge in [-0.05, 0) is 71.7 Å². The van der Waals surface area contributed by atoms with Crippen LogP contribution in [0.15, 0.2) is 85.1 Å². The van der Waals surface area contributed by atoms with Gasteiger partial charge >= 0.3 is 17.9 Å². The molecule has 0 bridgehead atoms. The molecular weight excluding hydrogens is 1040 g/mol. The number of benzene rings is 3. The Labute approximate surface area is 450 Å². The molecule has 4 aromatic rings. The number of para-hydroxylation sites is 1. The van der Waals surface area contributed by atoms with Crippen molar-refractivity contribution in [1.82, 2.24) is 47.5 Å². The summed E-state index contributed by atoms with van der Waals surface area (Å²) in [5.74, 6) is -11.2. The Morgan fingerprint density at radius 1 is 0.506 bits per heavy atom. The number of phenols is 1. The standard InChI is InChI=1S/C51H63N9O15S2/c1-28(61)54-39(24-43(64)65)49(72)58-37(21-30-13-15-32(62)16-14-30)47(70)56-35(17-19-76-2)45(68)53-27-42(63)55-38(23-31-26-52-34-12-8-7-11-33(31)34)48(71)57-36(18-20-77-3)46(69)59-40(25-44(66)67)50(73)60-41(51(74)75)22-29-9-5-4-6-10-29/h4-16,26,35-41,52,62H,17-25,27H2,1-3H3,(H,53,68)(H,54,61)(H,55,63)(H,56,70)(H,57,71)(H,58,72)(H,59,69)(H,60,73)(H,64,65)(H,66,67)(H,74,75)/t35-,36-,37-,38-,39-,40-,41-/m0/s1. The normalized spacial score (nSPS) is 13.6. The average molecular weight is 1110 g/mol. The molecule has 4 rings (SSSR count). The molecule has 1 aromatic heterocycles.